The van der Waals surface area contributed by atoms with Gasteiger partial charge in [0.1, 0.15) is 0 Å². The summed E-state index contributed by atoms with van der Waals surface area (Å²) >= 11 is 0. The number of carbonyl (C=O) groups excluding carboxylic acids is 1. The van der Waals surface area contributed by atoms with E-state index < -0.39 is 0 Å². The van der Waals surface area contributed by atoms with Crippen molar-refractivity contribution in [1.82, 2.24) is 14.9 Å². The SMILES string of the molecule is Cc1c(C#CCN)cccc1C(=O)NCCn1ccnc1. The molecule has 108 valence electrons. The van der Waals surface area contributed by atoms with Crippen molar-refractivity contribution < 1.29 is 4.79 Å². The molecule has 3 N–H and O–H groups in total. The summed E-state index contributed by atoms with van der Waals surface area (Å²) in [4.78, 5) is 16.2. The Labute approximate surface area is 124 Å². The smallest absolute Gasteiger partial charge is 0.251 e. The molecule has 2 aromatic rings. The molecule has 0 fully saturated rings. The van der Waals surface area contributed by atoms with Gasteiger partial charge in [-0.15, -0.1) is 0 Å². The van der Waals surface area contributed by atoms with Crippen molar-refractivity contribution in [3.8, 4) is 11.8 Å². The number of rotatable bonds is 4. The Morgan fingerprint density at radius 2 is 2.33 bits per heavy atom. The number of imidazole rings is 1. The average Bonchev–Trinajstić information content (AvgIpc) is 2.99. The lowest BCUT2D eigenvalue weighted by Gasteiger charge is -2.09. The van der Waals surface area contributed by atoms with Crippen molar-refractivity contribution in [2.75, 3.05) is 13.1 Å². The van der Waals surface area contributed by atoms with Gasteiger partial charge in [-0.25, -0.2) is 4.98 Å². The first-order valence-corrected chi connectivity index (χ1v) is 6.75. The highest BCUT2D eigenvalue weighted by molar-refractivity contribution is 5.96. The summed E-state index contributed by atoms with van der Waals surface area (Å²) in [5.41, 5.74) is 7.73. The molecule has 0 aliphatic heterocycles. The molecule has 0 saturated heterocycles. The molecule has 1 heterocycles. The number of aromatic nitrogens is 2. The fourth-order valence-electron chi connectivity index (χ4n) is 1.98. The maximum absolute atomic E-state index is 12.2. The van der Waals surface area contributed by atoms with Crippen molar-refractivity contribution in [3.63, 3.8) is 0 Å². The van der Waals surface area contributed by atoms with Crippen LogP contribution in [-0.2, 0) is 6.54 Å². The summed E-state index contributed by atoms with van der Waals surface area (Å²) < 4.78 is 1.91. The molecule has 2 rings (SSSR count). The van der Waals surface area contributed by atoms with Gasteiger partial charge < -0.3 is 15.6 Å². The van der Waals surface area contributed by atoms with Crippen LogP contribution >= 0.6 is 0 Å². The molecule has 0 bridgehead atoms. The quantitative estimate of drug-likeness (QED) is 0.819. The van der Waals surface area contributed by atoms with Crippen LogP contribution in [0.2, 0.25) is 0 Å². The van der Waals surface area contributed by atoms with Gasteiger partial charge in [0.2, 0.25) is 0 Å². The Morgan fingerprint density at radius 1 is 1.48 bits per heavy atom. The normalized spacial score (nSPS) is 9.81. The van der Waals surface area contributed by atoms with Crippen LogP contribution in [0.5, 0.6) is 0 Å². The fraction of sp³-hybridized carbons (Fsp3) is 0.250. The molecule has 5 nitrogen and oxygen atoms in total. The third-order valence-corrected chi connectivity index (χ3v) is 3.12. The van der Waals surface area contributed by atoms with Crippen molar-refractivity contribution in [1.29, 1.82) is 0 Å². The van der Waals surface area contributed by atoms with E-state index in [-0.39, 0.29) is 5.91 Å². The topological polar surface area (TPSA) is 72.9 Å². The van der Waals surface area contributed by atoms with Crippen LogP contribution in [-0.4, -0.2) is 28.5 Å². The van der Waals surface area contributed by atoms with Gasteiger partial charge in [0.15, 0.2) is 0 Å². The lowest BCUT2D eigenvalue weighted by molar-refractivity contribution is 0.0951. The predicted octanol–water partition coefficient (Wildman–Crippen LogP) is 0.932. The van der Waals surface area contributed by atoms with Gasteiger partial charge in [0.05, 0.1) is 12.9 Å². The second-order valence-electron chi connectivity index (χ2n) is 4.54. The maximum atomic E-state index is 12.2. The highest BCUT2D eigenvalue weighted by atomic mass is 16.1. The monoisotopic (exact) mass is 282 g/mol. The van der Waals surface area contributed by atoms with Crippen LogP contribution in [0.4, 0.5) is 0 Å². The van der Waals surface area contributed by atoms with Gasteiger partial charge >= 0.3 is 0 Å². The molecule has 1 aromatic carbocycles. The van der Waals surface area contributed by atoms with Gasteiger partial charge in [0.25, 0.3) is 5.91 Å². The molecule has 1 amide bonds. The Hall–Kier alpha value is -2.58. The fourth-order valence-corrected chi connectivity index (χ4v) is 1.98. The van der Waals surface area contributed by atoms with Gasteiger partial charge in [-0.1, -0.05) is 17.9 Å². The predicted molar refractivity (Wildman–Crippen MR) is 81.7 cm³/mol. The Bertz CT molecular complexity index is 665. The molecule has 0 spiro atoms. The van der Waals surface area contributed by atoms with Crippen LogP contribution < -0.4 is 11.1 Å². The number of carbonyl (C=O) groups is 1. The molecular formula is C16H18N4O. The summed E-state index contributed by atoms with van der Waals surface area (Å²) in [5, 5.41) is 2.90. The molecule has 0 aliphatic carbocycles. The second-order valence-corrected chi connectivity index (χ2v) is 4.54. The van der Waals surface area contributed by atoms with Gasteiger partial charge in [-0.2, -0.15) is 0 Å². The standard InChI is InChI=1S/C16H18N4O/c1-13-14(5-3-7-17)4-2-6-15(13)16(21)19-9-11-20-10-8-18-12-20/h2,4,6,8,10,12H,7,9,11,17H2,1H3,(H,19,21). The van der Waals surface area contributed by atoms with E-state index in [1.807, 2.05) is 29.8 Å². The van der Waals surface area contributed by atoms with E-state index in [4.69, 9.17) is 5.73 Å². The Balaban J connectivity index is 2.01. The minimum Gasteiger partial charge on any atom is -0.350 e. The van der Waals surface area contributed by atoms with E-state index in [2.05, 4.69) is 22.1 Å². The Morgan fingerprint density at radius 3 is 3.05 bits per heavy atom. The number of benzene rings is 1. The lowest BCUT2D eigenvalue weighted by Crippen LogP contribution is -2.27. The van der Waals surface area contributed by atoms with Crippen molar-refractivity contribution in [2.45, 2.75) is 13.5 Å². The number of amides is 1. The minimum absolute atomic E-state index is 0.0935. The molecule has 0 radical (unpaired) electrons. The molecule has 0 atom stereocenters. The largest absolute Gasteiger partial charge is 0.350 e. The first kappa shape index (κ1) is 14.8. The third-order valence-electron chi connectivity index (χ3n) is 3.12. The molecular weight excluding hydrogens is 264 g/mol. The van der Waals surface area contributed by atoms with E-state index in [1.165, 1.54) is 0 Å². The molecule has 0 aliphatic rings. The number of hydrogen-bond donors (Lipinski definition) is 2. The molecule has 21 heavy (non-hydrogen) atoms. The van der Waals surface area contributed by atoms with E-state index in [1.54, 1.807) is 18.6 Å². The van der Waals surface area contributed by atoms with Gasteiger partial charge in [0, 0.05) is 36.6 Å². The van der Waals surface area contributed by atoms with Crippen molar-refractivity contribution >= 4 is 5.91 Å². The van der Waals surface area contributed by atoms with E-state index in [0.29, 0.717) is 25.2 Å². The summed E-state index contributed by atoms with van der Waals surface area (Å²) in [6.07, 6.45) is 5.30. The minimum atomic E-state index is -0.0935. The zero-order chi connectivity index (χ0) is 15.1. The van der Waals surface area contributed by atoms with E-state index in [9.17, 15) is 4.79 Å². The number of nitrogens with zero attached hydrogens (tertiary/aromatic N) is 2. The van der Waals surface area contributed by atoms with Crippen LogP contribution in [0.25, 0.3) is 0 Å². The highest BCUT2D eigenvalue weighted by Crippen LogP contribution is 2.12. The average molecular weight is 282 g/mol. The molecule has 0 saturated carbocycles. The zero-order valence-electron chi connectivity index (χ0n) is 12.0. The van der Waals surface area contributed by atoms with Crippen LogP contribution in [0.1, 0.15) is 21.5 Å². The number of nitrogens with two attached hydrogens (primary N) is 1. The summed E-state index contributed by atoms with van der Waals surface area (Å²) in [5.74, 6) is 5.69. The van der Waals surface area contributed by atoms with Crippen LogP contribution in [0.3, 0.4) is 0 Å². The summed E-state index contributed by atoms with van der Waals surface area (Å²) in [6, 6.07) is 5.52. The van der Waals surface area contributed by atoms with Crippen LogP contribution in [0, 0.1) is 18.8 Å². The summed E-state index contributed by atoms with van der Waals surface area (Å²) in [6.45, 7) is 3.44. The second kappa shape index (κ2) is 7.27. The molecule has 5 heteroatoms. The van der Waals surface area contributed by atoms with Crippen LogP contribution in [0.15, 0.2) is 36.9 Å². The highest BCUT2D eigenvalue weighted by Gasteiger charge is 2.10. The first-order valence-electron chi connectivity index (χ1n) is 6.75. The number of nitrogens with one attached hydrogen (secondary N) is 1. The zero-order valence-corrected chi connectivity index (χ0v) is 12.0. The summed E-state index contributed by atoms with van der Waals surface area (Å²) in [7, 11) is 0. The Kier molecular flexibility index (Phi) is 5.13. The van der Waals surface area contributed by atoms with Gasteiger partial charge in [-0.05, 0) is 24.6 Å². The molecule has 1 aromatic heterocycles. The first-order chi connectivity index (χ1) is 10.2. The van der Waals surface area contributed by atoms with E-state index in [0.717, 1.165) is 11.1 Å². The number of hydrogen-bond acceptors (Lipinski definition) is 3. The maximum Gasteiger partial charge on any atom is 0.251 e. The third kappa shape index (κ3) is 3.94. The van der Waals surface area contributed by atoms with E-state index >= 15 is 0 Å². The molecule has 0 unspecified atom stereocenters. The van der Waals surface area contributed by atoms with Crippen molar-refractivity contribution in [3.05, 3.63) is 53.6 Å². The lowest BCUT2D eigenvalue weighted by atomic mass is 10.0. The van der Waals surface area contributed by atoms with Gasteiger partial charge in [-0.3, -0.25) is 4.79 Å². The van der Waals surface area contributed by atoms with Crippen molar-refractivity contribution in [2.24, 2.45) is 5.73 Å².